The molecule has 0 spiro atoms. The summed E-state index contributed by atoms with van der Waals surface area (Å²) in [6.07, 6.45) is 0. The average molecular weight is 276 g/mol. The van der Waals surface area contributed by atoms with Crippen molar-refractivity contribution in [1.82, 2.24) is 0 Å². The molecule has 0 saturated carbocycles. The van der Waals surface area contributed by atoms with Crippen LogP contribution >= 0.6 is 27.7 Å². The van der Waals surface area contributed by atoms with Crippen LogP contribution in [0.3, 0.4) is 0 Å². The Kier molecular flexibility index (Phi) is 3.95. The highest BCUT2D eigenvalue weighted by Gasteiger charge is 2.15. The van der Waals surface area contributed by atoms with Crippen LogP contribution in [0.4, 0.5) is 5.69 Å². The van der Waals surface area contributed by atoms with Gasteiger partial charge in [-0.2, -0.15) is 0 Å². The SMILES string of the molecule is CC(C)Sc1ccc(Br)cc1[N+](=O)[O-]. The lowest BCUT2D eigenvalue weighted by atomic mass is 10.3. The lowest BCUT2D eigenvalue weighted by Gasteiger charge is -2.05. The highest BCUT2D eigenvalue weighted by atomic mass is 79.9. The molecule has 0 aliphatic carbocycles. The molecule has 1 rings (SSSR count). The van der Waals surface area contributed by atoms with Crippen LogP contribution in [0.5, 0.6) is 0 Å². The fourth-order valence-electron chi connectivity index (χ4n) is 0.987. The van der Waals surface area contributed by atoms with E-state index in [4.69, 9.17) is 0 Å². The molecule has 0 aliphatic rings. The molecule has 1 aromatic rings. The van der Waals surface area contributed by atoms with Gasteiger partial charge in [0, 0.05) is 15.8 Å². The Morgan fingerprint density at radius 2 is 2.14 bits per heavy atom. The maximum Gasteiger partial charge on any atom is 0.284 e. The molecule has 1 aromatic carbocycles. The lowest BCUT2D eigenvalue weighted by molar-refractivity contribution is -0.387. The molecule has 3 nitrogen and oxygen atoms in total. The Hall–Kier alpha value is -0.550. The van der Waals surface area contributed by atoms with Gasteiger partial charge in [0.05, 0.1) is 9.82 Å². The first-order valence-corrected chi connectivity index (χ1v) is 5.78. The number of benzene rings is 1. The van der Waals surface area contributed by atoms with Crippen molar-refractivity contribution in [1.29, 1.82) is 0 Å². The van der Waals surface area contributed by atoms with Gasteiger partial charge in [-0.25, -0.2) is 0 Å². The Morgan fingerprint density at radius 3 is 2.64 bits per heavy atom. The van der Waals surface area contributed by atoms with E-state index >= 15 is 0 Å². The van der Waals surface area contributed by atoms with Crippen LogP contribution in [-0.4, -0.2) is 10.2 Å². The van der Waals surface area contributed by atoms with Gasteiger partial charge in [0.15, 0.2) is 0 Å². The van der Waals surface area contributed by atoms with Crippen molar-refractivity contribution >= 4 is 33.4 Å². The molecule has 0 amide bonds. The van der Waals surface area contributed by atoms with Gasteiger partial charge >= 0.3 is 0 Å². The third-order valence-electron chi connectivity index (χ3n) is 1.48. The summed E-state index contributed by atoms with van der Waals surface area (Å²) in [6, 6.07) is 5.12. The van der Waals surface area contributed by atoms with Crippen molar-refractivity contribution in [2.45, 2.75) is 24.0 Å². The van der Waals surface area contributed by atoms with Crippen LogP contribution in [-0.2, 0) is 0 Å². The van der Waals surface area contributed by atoms with Gasteiger partial charge < -0.3 is 0 Å². The van der Waals surface area contributed by atoms with Crippen molar-refractivity contribution in [3.63, 3.8) is 0 Å². The third-order valence-corrected chi connectivity index (χ3v) is 3.04. The second-order valence-corrected chi connectivity index (χ2v) is 5.57. The molecule has 14 heavy (non-hydrogen) atoms. The predicted octanol–water partition coefficient (Wildman–Crippen LogP) is 3.86. The van der Waals surface area contributed by atoms with E-state index in [1.54, 1.807) is 6.07 Å². The number of nitrogens with zero attached hydrogens (tertiary/aromatic N) is 1. The quantitative estimate of drug-likeness (QED) is 0.478. The number of hydrogen-bond acceptors (Lipinski definition) is 3. The summed E-state index contributed by atoms with van der Waals surface area (Å²) < 4.78 is 0.734. The molecule has 0 heterocycles. The van der Waals surface area contributed by atoms with E-state index in [1.807, 2.05) is 19.9 Å². The number of halogens is 1. The fraction of sp³-hybridized carbons (Fsp3) is 0.333. The molecule has 0 N–H and O–H groups in total. The normalized spacial score (nSPS) is 10.6. The first-order chi connectivity index (χ1) is 6.50. The van der Waals surface area contributed by atoms with Crippen molar-refractivity contribution in [3.8, 4) is 0 Å². The van der Waals surface area contributed by atoms with Crippen LogP contribution in [0.2, 0.25) is 0 Å². The Bertz CT molecular complexity index is 355. The number of nitro benzene ring substituents is 1. The molecule has 0 radical (unpaired) electrons. The van der Waals surface area contributed by atoms with Gasteiger partial charge in [0.2, 0.25) is 0 Å². The molecule has 0 saturated heterocycles. The van der Waals surface area contributed by atoms with Crippen LogP contribution in [0.25, 0.3) is 0 Å². The Labute approximate surface area is 95.2 Å². The lowest BCUT2D eigenvalue weighted by Crippen LogP contribution is -1.93. The third kappa shape index (κ3) is 2.99. The monoisotopic (exact) mass is 275 g/mol. The van der Waals surface area contributed by atoms with Crippen molar-refractivity contribution in [2.24, 2.45) is 0 Å². The highest BCUT2D eigenvalue weighted by Crippen LogP contribution is 2.33. The minimum Gasteiger partial charge on any atom is -0.258 e. The van der Waals surface area contributed by atoms with Crippen LogP contribution in [0.1, 0.15) is 13.8 Å². The molecule has 0 aliphatic heterocycles. The largest absolute Gasteiger partial charge is 0.284 e. The van der Waals surface area contributed by atoms with E-state index < -0.39 is 0 Å². The minimum absolute atomic E-state index is 0.165. The summed E-state index contributed by atoms with van der Waals surface area (Å²) >= 11 is 4.72. The molecular formula is C9H10BrNO2S. The molecule has 0 bridgehead atoms. The van der Waals surface area contributed by atoms with Crippen molar-refractivity contribution in [3.05, 3.63) is 32.8 Å². The molecule has 0 aromatic heterocycles. The maximum atomic E-state index is 10.7. The molecule has 0 atom stereocenters. The van der Waals surface area contributed by atoms with Crippen molar-refractivity contribution < 1.29 is 4.92 Å². The minimum atomic E-state index is -0.352. The summed E-state index contributed by atoms with van der Waals surface area (Å²) in [5.41, 5.74) is 0.165. The summed E-state index contributed by atoms with van der Waals surface area (Å²) in [5.74, 6) is 0. The fourth-order valence-corrected chi connectivity index (χ4v) is 2.24. The van der Waals surface area contributed by atoms with E-state index in [1.165, 1.54) is 17.8 Å². The molecule has 0 unspecified atom stereocenters. The first-order valence-electron chi connectivity index (χ1n) is 4.11. The van der Waals surface area contributed by atoms with E-state index in [-0.39, 0.29) is 10.6 Å². The standard InChI is InChI=1S/C9H10BrNO2S/c1-6(2)14-9-4-3-7(10)5-8(9)11(12)13/h3-6H,1-2H3. The zero-order valence-corrected chi connectivity index (χ0v) is 10.3. The molecule has 76 valence electrons. The zero-order valence-electron chi connectivity index (χ0n) is 7.86. The number of rotatable bonds is 3. The van der Waals surface area contributed by atoms with Gasteiger partial charge in [0.25, 0.3) is 5.69 Å². The second-order valence-electron chi connectivity index (χ2n) is 3.04. The van der Waals surface area contributed by atoms with Crippen LogP contribution < -0.4 is 0 Å². The van der Waals surface area contributed by atoms with Gasteiger partial charge in [-0.1, -0.05) is 29.8 Å². The highest BCUT2D eigenvalue weighted by molar-refractivity contribution is 9.10. The number of nitro groups is 1. The number of thioether (sulfide) groups is 1. The summed E-state index contributed by atoms with van der Waals surface area (Å²) in [5, 5.41) is 11.1. The predicted molar refractivity (Wildman–Crippen MR) is 61.8 cm³/mol. The van der Waals surface area contributed by atoms with Crippen molar-refractivity contribution in [2.75, 3.05) is 0 Å². The van der Waals surface area contributed by atoms with Gasteiger partial charge in [-0.3, -0.25) is 10.1 Å². The topological polar surface area (TPSA) is 43.1 Å². The van der Waals surface area contributed by atoms with Gasteiger partial charge in [0.1, 0.15) is 0 Å². The van der Waals surface area contributed by atoms with Crippen LogP contribution in [0.15, 0.2) is 27.6 Å². The van der Waals surface area contributed by atoms with Gasteiger partial charge in [-0.05, 0) is 12.1 Å². The smallest absolute Gasteiger partial charge is 0.258 e. The molecule has 5 heteroatoms. The van der Waals surface area contributed by atoms with E-state index in [9.17, 15) is 10.1 Å². The molecule has 0 fully saturated rings. The van der Waals surface area contributed by atoms with Gasteiger partial charge in [-0.15, -0.1) is 11.8 Å². The Morgan fingerprint density at radius 1 is 1.50 bits per heavy atom. The maximum absolute atomic E-state index is 10.7. The summed E-state index contributed by atoms with van der Waals surface area (Å²) in [6.45, 7) is 4.02. The molecular weight excluding hydrogens is 266 g/mol. The van der Waals surface area contributed by atoms with E-state index in [2.05, 4.69) is 15.9 Å². The van der Waals surface area contributed by atoms with E-state index in [0.717, 1.165) is 4.47 Å². The number of hydrogen-bond donors (Lipinski definition) is 0. The van der Waals surface area contributed by atoms with E-state index in [0.29, 0.717) is 10.1 Å². The average Bonchev–Trinajstić information content (AvgIpc) is 2.07. The summed E-state index contributed by atoms with van der Waals surface area (Å²) in [7, 11) is 0. The van der Waals surface area contributed by atoms with Crippen LogP contribution in [0, 0.1) is 10.1 Å². The zero-order chi connectivity index (χ0) is 10.7. The second kappa shape index (κ2) is 4.79. The summed E-state index contributed by atoms with van der Waals surface area (Å²) in [4.78, 5) is 11.1. The first kappa shape index (κ1) is 11.5. The Balaban J connectivity index is 3.08.